The second-order valence-corrected chi connectivity index (χ2v) is 4.50. The van der Waals surface area contributed by atoms with Gasteiger partial charge in [0, 0.05) is 18.3 Å². The fraction of sp³-hybridized carbons (Fsp3) is 0.286. The van der Waals surface area contributed by atoms with Crippen LogP contribution in [0.4, 0.5) is 30.6 Å². The molecule has 0 unspecified atom stereocenters. The quantitative estimate of drug-likeness (QED) is 0.825. The molecule has 0 aliphatic rings. The van der Waals surface area contributed by atoms with Gasteiger partial charge in [0.2, 0.25) is 5.95 Å². The maximum atomic E-state index is 13.6. The molecule has 0 atom stereocenters. The number of hydrogen-bond donors (Lipinski definition) is 2. The third-order valence-corrected chi connectivity index (χ3v) is 2.79. The van der Waals surface area contributed by atoms with Crippen LogP contribution in [0.2, 0.25) is 0 Å². The Hall–Kier alpha value is -2.31. The Labute approximate surface area is 120 Å². The highest BCUT2D eigenvalue weighted by atomic mass is 19.2. The number of nitrogens with zero attached hydrogens (tertiary/aromatic N) is 2. The lowest BCUT2D eigenvalue weighted by molar-refractivity contribution is 0.449. The van der Waals surface area contributed by atoms with Crippen LogP contribution in [0.15, 0.2) is 18.3 Å². The van der Waals surface area contributed by atoms with E-state index in [0.29, 0.717) is 23.9 Å². The van der Waals surface area contributed by atoms with E-state index in [1.54, 1.807) is 13.1 Å². The molecule has 7 heteroatoms. The molecule has 1 aromatic carbocycles. The van der Waals surface area contributed by atoms with Crippen molar-refractivity contribution in [2.75, 3.05) is 17.2 Å². The summed E-state index contributed by atoms with van der Waals surface area (Å²) in [6.07, 6.45) is 2.46. The van der Waals surface area contributed by atoms with E-state index in [0.717, 1.165) is 18.6 Å². The van der Waals surface area contributed by atoms with Crippen LogP contribution in [0.3, 0.4) is 0 Å². The van der Waals surface area contributed by atoms with E-state index in [1.807, 2.05) is 6.92 Å². The van der Waals surface area contributed by atoms with Gasteiger partial charge in [-0.3, -0.25) is 0 Å². The standard InChI is InChI=1S/C14H15F3N4/c1-3-6-18-14-19-7-8(2)13(21-14)20-10-5-4-9(15)11(16)12(10)17/h4-5,7H,3,6H2,1-2H3,(H2,18,19,20,21). The van der Waals surface area contributed by atoms with Gasteiger partial charge >= 0.3 is 0 Å². The predicted octanol–water partition coefficient (Wildman–Crippen LogP) is 3.77. The van der Waals surface area contributed by atoms with E-state index in [9.17, 15) is 13.2 Å². The molecule has 0 radical (unpaired) electrons. The molecule has 1 heterocycles. The molecule has 0 saturated heterocycles. The SMILES string of the molecule is CCCNc1ncc(C)c(Nc2ccc(F)c(F)c2F)n1. The zero-order valence-electron chi connectivity index (χ0n) is 11.7. The Balaban J connectivity index is 2.28. The third-order valence-electron chi connectivity index (χ3n) is 2.79. The van der Waals surface area contributed by atoms with Crippen LogP contribution in [0, 0.1) is 24.4 Å². The molecular weight excluding hydrogens is 281 g/mol. The average Bonchev–Trinajstić information content (AvgIpc) is 2.48. The molecule has 0 spiro atoms. The van der Waals surface area contributed by atoms with Crippen LogP contribution in [0.25, 0.3) is 0 Å². The molecule has 0 amide bonds. The van der Waals surface area contributed by atoms with Gasteiger partial charge < -0.3 is 10.6 Å². The highest BCUT2D eigenvalue weighted by Crippen LogP contribution is 2.24. The molecule has 4 nitrogen and oxygen atoms in total. The fourth-order valence-corrected chi connectivity index (χ4v) is 1.64. The number of aryl methyl sites for hydroxylation is 1. The lowest BCUT2D eigenvalue weighted by Gasteiger charge is -2.11. The normalized spacial score (nSPS) is 10.5. The Bertz CT molecular complexity index is 646. The highest BCUT2D eigenvalue weighted by molar-refractivity contribution is 5.60. The minimum Gasteiger partial charge on any atom is -0.354 e. The molecule has 0 aliphatic heterocycles. The van der Waals surface area contributed by atoms with Crippen LogP contribution in [-0.2, 0) is 0 Å². The Morgan fingerprint density at radius 3 is 2.62 bits per heavy atom. The van der Waals surface area contributed by atoms with E-state index >= 15 is 0 Å². The van der Waals surface area contributed by atoms with Crippen LogP contribution in [0.1, 0.15) is 18.9 Å². The predicted molar refractivity (Wildman–Crippen MR) is 75.1 cm³/mol. The number of aromatic nitrogens is 2. The maximum Gasteiger partial charge on any atom is 0.224 e. The second kappa shape index (κ2) is 6.43. The van der Waals surface area contributed by atoms with Crippen molar-refractivity contribution in [2.45, 2.75) is 20.3 Å². The van der Waals surface area contributed by atoms with Gasteiger partial charge in [-0.2, -0.15) is 4.98 Å². The molecule has 0 saturated carbocycles. The third kappa shape index (κ3) is 3.42. The lowest BCUT2D eigenvalue weighted by Crippen LogP contribution is -2.07. The van der Waals surface area contributed by atoms with Crippen molar-refractivity contribution in [3.8, 4) is 0 Å². The zero-order valence-corrected chi connectivity index (χ0v) is 11.7. The summed E-state index contributed by atoms with van der Waals surface area (Å²) in [4.78, 5) is 8.26. The summed E-state index contributed by atoms with van der Waals surface area (Å²) in [6, 6.07) is 1.97. The van der Waals surface area contributed by atoms with Gasteiger partial charge in [0.05, 0.1) is 5.69 Å². The lowest BCUT2D eigenvalue weighted by atomic mass is 10.2. The molecule has 2 N–H and O–H groups in total. The summed E-state index contributed by atoms with van der Waals surface area (Å²) in [6.45, 7) is 4.42. The maximum absolute atomic E-state index is 13.6. The van der Waals surface area contributed by atoms with Gasteiger partial charge in [-0.25, -0.2) is 18.2 Å². The molecular formula is C14H15F3N4. The number of nitrogens with one attached hydrogen (secondary N) is 2. The Morgan fingerprint density at radius 1 is 1.14 bits per heavy atom. The molecule has 0 aliphatic carbocycles. The van der Waals surface area contributed by atoms with Crippen molar-refractivity contribution in [2.24, 2.45) is 0 Å². The highest BCUT2D eigenvalue weighted by Gasteiger charge is 2.14. The van der Waals surface area contributed by atoms with E-state index in [1.165, 1.54) is 0 Å². The molecule has 2 rings (SSSR count). The van der Waals surface area contributed by atoms with Crippen molar-refractivity contribution in [3.63, 3.8) is 0 Å². The van der Waals surface area contributed by atoms with E-state index in [4.69, 9.17) is 0 Å². The molecule has 0 fully saturated rings. The minimum absolute atomic E-state index is 0.183. The van der Waals surface area contributed by atoms with Crippen molar-refractivity contribution < 1.29 is 13.2 Å². The number of hydrogen-bond acceptors (Lipinski definition) is 4. The van der Waals surface area contributed by atoms with E-state index in [2.05, 4.69) is 20.6 Å². The summed E-state index contributed by atoms with van der Waals surface area (Å²) in [5, 5.41) is 5.65. The summed E-state index contributed by atoms with van der Waals surface area (Å²) in [7, 11) is 0. The first-order valence-electron chi connectivity index (χ1n) is 6.51. The minimum atomic E-state index is -1.52. The van der Waals surface area contributed by atoms with E-state index < -0.39 is 17.5 Å². The monoisotopic (exact) mass is 296 g/mol. The van der Waals surface area contributed by atoms with Gasteiger partial charge in [-0.05, 0) is 25.5 Å². The smallest absolute Gasteiger partial charge is 0.224 e. The first-order chi connectivity index (χ1) is 10.0. The summed E-state index contributed by atoms with van der Waals surface area (Å²) < 4.78 is 39.8. The van der Waals surface area contributed by atoms with Crippen LogP contribution in [0.5, 0.6) is 0 Å². The number of rotatable bonds is 5. The molecule has 21 heavy (non-hydrogen) atoms. The largest absolute Gasteiger partial charge is 0.354 e. The summed E-state index contributed by atoms with van der Waals surface area (Å²) >= 11 is 0. The van der Waals surface area contributed by atoms with Crippen LogP contribution in [-0.4, -0.2) is 16.5 Å². The molecule has 112 valence electrons. The van der Waals surface area contributed by atoms with Gasteiger partial charge in [-0.15, -0.1) is 0 Å². The second-order valence-electron chi connectivity index (χ2n) is 4.50. The first-order valence-corrected chi connectivity index (χ1v) is 6.51. The topological polar surface area (TPSA) is 49.8 Å². The van der Waals surface area contributed by atoms with Gasteiger partial charge in [0.1, 0.15) is 5.82 Å². The number of benzene rings is 1. The average molecular weight is 296 g/mol. The van der Waals surface area contributed by atoms with Crippen LogP contribution < -0.4 is 10.6 Å². The number of halogens is 3. The van der Waals surface area contributed by atoms with Gasteiger partial charge in [-0.1, -0.05) is 6.92 Å². The zero-order chi connectivity index (χ0) is 15.4. The molecule has 2 aromatic rings. The van der Waals surface area contributed by atoms with Crippen molar-refractivity contribution in [3.05, 3.63) is 41.3 Å². The van der Waals surface area contributed by atoms with Gasteiger partial charge in [0.25, 0.3) is 0 Å². The summed E-state index contributed by atoms with van der Waals surface area (Å²) in [5.74, 6) is -3.32. The fourth-order valence-electron chi connectivity index (χ4n) is 1.64. The van der Waals surface area contributed by atoms with E-state index in [-0.39, 0.29) is 5.69 Å². The Kier molecular flexibility index (Phi) is 4.62. The van der Waals surface area contributed by atoms with Crippen molar-refractivity contribution in [1.29, 1.82) is 0 Å². The van der Waals surface area contributed by atoms with Crippen molar-refractivity contribution in [1.82, 2.24) is 9.97 Å². The van der Waals surface area contributed by atoms with Crippen molar-refractivity contribution >= 4 is 17.5 Å². The number of anilines is 3. The van der Waals surface area contributed by atoms with Gasteiger partial charge in [0.15, 0.2) is 17.5 Å². The molecule has 1 aromatic heterocycles. The Morgan fingerprint density at radius 2 is 1.90 bits per heavy atom. The first kappa shape index (κ1) is 15.1. The summed E-state index contributed by atoms with van der Waals surface area (Å²) in [5.41, 5.74) is 0.471. The van der Waals surface area contributed by atoms with Crippen LogP contribution >= 0.6 is 0 Å². The molecule has 0 bridgehead atoms.